The first-order valence-electron chi connectivity index (χ1n) is 6.55. The number of aliphatic carboxylic acids is 1. The topological polar surface area (TPSA) is 78.9 Å². The number of methoxy groups -OCH3 is 1. The molecule has 1 heterocycles. The van der Waals surface area contributed by atoms with Crippen molar-refractivity contribution in [3.8, 4) is 0 Å². The van der Waals surface area contributed by atoms with Gasteiger partial charge in [0.25, 0.3) is 0 Å². The van der Waals surface area contributed by atoms with Crippen LogP contribution < -0.4 is 5.32 Å². The van der Waals surface area contributed by atoms with Crippen LogP contribution in [0.1, 0.15) is 12.5 Å². The molecule has 1 aliphatic heterocycles. The summed E-state index contributed by atoms with van der Waals surface area (Å²) in [5, 5.41) is 11.8. The van der Waals surface area contributed by atoms with E-state index in [0.717, 1.165) is 5.56 Å². The highest BCUT2D eigenvalue weighted by Gasteiger charge is 2.39. The molecule has 0 aliphatic carbocycles. The van der Waals surface area contributed by atoms with Crippen LogP contribution in [0.2, 0.25) is 0 Å². The maximum absolute atomic E-state index is 12.4. The Morgan fingerprint density at radius 3 is 2.86 bits per heavy atom. The molecule has 1 aromatic carbocycles. The van der Waals surface area contributed by atoms with E-state index in [4.69, 9.17) is 4.74 Å². The van der Waals surface area contributed by atoms with Crippen LogP contribution in [0, 0.1) is 0 Å². The number of ether oxygens (including phenoxy) is 1. The number of anilines is 1. The van der Waals surface area contributed by atoms with Gasteiger partial charge in [-0.15, -0.1) is 11.8 Å². The van der Waals surface area contributed by atoms with E-state index in [1.54, 1.807) is 13.2 Å². The van der Waals surface area contributed by atoms with Crippen molar-refractivity contribution in [2.75, 3.05) is 18.2 Å². The van der Waals surface area contributed by atoms with E-state index in [-0.39, 0.29) is 5.37 Å². The van der Waals surface area contributed by atoms with Crippen molar-refractivity contribution in [3.05, 3.63) is 29.8 Å². The number of carbonyl (C=O) groups is 2. The van der Waals surface area contributed by atoms with E-state index in [1.807, 2.05) is 25.1 Å². The first kappa shape index (κ1) is 15.7. The molecular formula is C14H18N2O4S. The van der Waals surface area contributed by atoms with Gasteiger partial charge in [0.15, 0.2) is 0 Å². The summed E-state index contributed by atoms with van der Waals surface area (Å²) in [6, 6.07) is 6.11. The van der Waals surface area contributed by atoms with E-state index in [9.17, 15) is 14.7 Å². The fraction of sp³-hybridized carbons (Fsp3) is 0.429. The summed E-state index contributed by atoms with van der Waals surface area (Å²) < 4.78 is 5.09. The summed E-state index contributed by atoms with van der Waals surface area (Å²) in [7, 11) is 1.58. The predicted octanol–water partition coefficient (Wildman–Crippen LogP) is 2.21. The lowest BCUT2D eigenvalue weighted by Gasteiger charge is -2.25. The monoisotopic (exact) mass is 310 g/mol. The van der Waals surface area contributed by atoms with Crippen molar-refractivity contribution in [1.82, 2.24) is 4.90 Å². The van der Waals surface area contributed by atoms with Gasteiger partial charge in [0.1, 0.15) is 6.04 Å². The highest BCUT2D eigenvalue weighted by atomic mass is 32.2. The summed E-state index contributed by atoms with van der Waals surface area (Å²) in [6.07, 6.45) is 0. The second-order valence-electron chi connectivity index (χ2n) is 4.71. The molecule has 2 unspecified atom stereocenters. The van der Waals surface area contributed by atoms with Gasteiger partial charge in [-0.05, 0) is 13.0 Å². The number of hydrogen-bond acceptors (Lipinski definition) is 4. The summed E-state index contributed by atoms with van der Waals surface area (Å²) >= 11 is 1.45. The molecule has 2 amide bonds. The molecule has 1 aromatic rings. The molecule has 2 atom stereocenters. The van der Waals surface area contributed by atoms with E-state index in [2.05, 4.69) is 5.32 Å². The molecule has 0 saturated carbocycles. The Kier molecular flexibility index (Phi) is 5.08. The van der Waals surface area contributed by atoms with E-state index < -0.39 is 18.0 Å². The van der Waals surface area contributed by atoms with E-state index in [0.29, 0.717) is 18.0 Å². The number of thioether (sulfide) groups is 1. The SMILES string of the molecule is COCc1ccccc1NC(=O)N1C(C)SCC1C(=O)O. The molecule has 2 N–H and O–H groups in total. The van der Waals surface area contributed by atoms with Gasteiger partial charge in [-0.25, -0.2) is 9.59 Å². The highest BCUT2D eigenvalue weighted by molar-refractivity contribution is 8.00. The number of para-hydroxylation sites is 1. The fourth-order valence-electron chi connectivity index (χ4n) is 2.24. The van der Waals surface area contributed by atoms with Gasteiger partial charge in [0, 0.05) is 24.1 Å². The number of carboxylic acid groups (broad SMARTS) is 1. The van der Waals surface area contributed by atoms with Crippen LogP contribution >= 0.6 is 11.8 Å². The number of benzene rings is 1. The molecule has 1 fully saturated rings. The third-order valence-corrected chi connectivity index (χ3v) is 4.52. The van der Waals surface area contributed by atoms with Crippen molar-refractivity contribution < 1.29 is 19.4 Å². The number of rotatable bonds is 4. The summed E-state index contributed by atoms with van der Waals surface area (Å²) in [6.45, 7) is 2.21. The smallest absolute Gasteiger partial charge is 0.327 e. The largest absolute Gasteiger partial charge is 0.480 e. The van der Waals surface area contributed by atoms with Crippen molar-refractivity contribution in [2.45, 2.75) is 24.9 Å². The van der Waals surface area contributed by atoms with E-state index >= 15 is 0 Å². The summed E-state index contributed by atoms with van der Waals surface area (Å²) in [5.41, 5.74) is 1.48. The standard InChI is InChI=1S/C14H18N2O4S/c1-9-16(12(8-21-9)13(17)18)14(19)15-11-6-4-3-5-10(11)7-20-2/h3-6,9,12H,7-8H2,1-2H3,(H,15,19)(H,17,18). The van der Waals surface area contributed by atoms with E-state index in [1.165, 1.54) is 16.7 Å². The Labute approximate surface area is 127 Å². The van der Waals surface area contributed by atoms with Crippen LogP contribution in [0.5, 0.6) is 0 Å². The van der Waals surface area contributed by atoms with Crippen molar-refractivity contribution in [1.29, 1.82) is 0 Å². The minimum absolute atomic E-state index is 0.166. The Morgan fingerprint density at radius 2 is 2.19 bits per heavy atom. The minimum Gasteiger partial charge on any atom is -0.480 e. The first-order valence-corrected chi connectivity index (χ1v) is 7.60. The average Bonchev–Trinajstić information content (AvgIpc) is 2.83. The Morgan fingerprint density at radius 1 is 1.48 bits per heavy atom. The number of carbonyl (C=O) groups excluding carboxylic acids is 1. The molecule has 7 heteroatoms. The normalized spacial score (nSPS) is 21.3. The zero-order valence-corrected chi connectivity index (χ0v) is 12.7. The lowest BCUT2D eigenvalue weighted by atomic mass is 10.2. The maximum atomic E-state index is 12.4. The second-order valence-corrected chi connectivity index (χ2v) is 6.06. The number of carboxylic acids is 1. The molecule has 2 rings (SSSR count). The van der Waals surface area contributed by atoms with Gasteiger partial charge < -0.3 is 15.2 Å². The number of nitrogens with one attached hydrogen (secondary N) is 1. The highest BCUT2D eigenvalue weighted by Crippen LogP contribution is 2.29. The van der Waals surface area contributed by atoms with Gasteiger partial charge >= 0.3 is 12.0 Å². The predicted molar refractivity (Wildman–Crippen MR) is 81.4 cm³/mol. The molecule has 0 aromatic heterocycles. The molecule has 0 spiro atoms. The molecule has 0 radical (unpaired) electrons. The molecule has 6 nitrogen and oxygen atoms in total. The zero-order valence-electron chi connectivity index (χ0n) is 11.9. The molecule has 21 heavy (non-hydrogen) atoms. The molecule has 1 saturated heterocycles. The molecular weight excluding hydrogens is 292 g/mol. The quantitative estimate of drug-likeness (QED) is 0.891. The van der Waals surface area contributed by atoms with Gasteiger partial charge in [-0.3, -0.25) is 4.90 Å². The number of urea groups is 1. The van der Waals surface area contributed by atoms with Crippen molar-refractivity contribution >= 4 is 29.4 Å². The number of amides is 2. The molecule has 0 bridgehead atoms. The lowest BCUT2D eigenvalue weighted by molar-refractivity contribution is -0.141. The third kappa shape index (κ3) is 3.48. The van der Waals surface area contributed by atoms with Crippen LogP contribution in [-0.2, 0) is 16.1 Å². The van der Waals surface area contributed by atoms with Crippen molar-refractivity contribution in [2.24, 2.45) is 0 Å². The summed E-state index contributed by atoms with van der Waals surface area (Å²) in [4.78, 5) is 25.0. The van der Waals surface area contributed by atoms with Crippen LogP contribution in [0.3, 0.4) is 0 Å². The minimum atomic E-state index is -0.979. The van der Waals surface area contributed by atoms with Crippen LogP contribution in [0.25, 0.3) is 0 Å². The van der Waals surface area contributed by atoms with Crippen molar-refractivity contribution in [3.63, 3.8) is 0 Å². The van der Waals surface area contributed by atoms with Crippen LogP contribution in [0.15, 0.2) is 24.3 Å². The Bertz CT molecular complexity index is 537. The number of hydrogen-bond donors (Lipinski definition) is 2. The third-order valence-electron chi connectivity index (χ3n) is 3.30. The second kappa shape index (κ2) is 6.82. The molecule has 114 valence electrons. The van der Waals surface area contributed by atoms with Crippen LogP contribution in [0.4, 0.5) is 10.5 Å². The maximum Gasteiger partial charge on any atom is 0.327 e. The Balaban J connectivity index is 2.15. The van der Waals surface area contributed by atoms with Gasteiger partial charge in [0.05, 0.1) is 12.0 Å². The van der Waals surface area contributed by atoms with Gasteiger partial charge in [-0.2, -0.15) is 0 Å². The van der Waals surface area contributed by atoms with Gasteiger partial charge in [0.2, 0.25) is 0 Å². The first-order chi connectivity index (χ1) is 10.0. The number of nitrogens with zero attached hydrogens (tertiary/aromatic N) is 1. The van der Waals surface area contributed by atoms with Crippen LogP contribution in [-0.4, -0.2) is 46.3 Å². The molecule has 1 aliphatic rings. The summed E-state index contributed by atoms with van der Waals surface area (Å²) in [5.74, 6) is -0.573. The lowest BCUT2D eigenvalue weighted by Crippen LogP contribution is -2.46. The fourth-order valence-corrected chi connectivity index (χ4v) is 3.41. The van der Waals surface area contributed by atoms with Gasteiger partial charge in [-0.1, -0.05) is 18.2 Å². The average molecular weight is 310 g/mol. The Hall–Kier alpha value is -1.73. The zero-order chi connectivity index (χ0) is 15.4.